The standard InChI is InChI=1S/C18H16ClN3OS/c1-3-17-20-21-18(24-10-12-5-4-6-13(19)8-12)15-9-16-14(22(15)17)7-11(2)23-16/h4-9H,3,10H2,1-2H3. The Bertz CT molecular complexity index is 1040. The monoisotopic (exact) mass is 357 g/mol. The second-order valence-electron chi connectivity index (χ2n) is 5.67. The Morgan fingerprint density at radius 1 is 1.17 bits per heavy atom. The van der Waals surface area contributed by atoms with E-state index in [9.17, 15) is 0 Å². The number of hydrogen-bond donors (Lipinski definition) is 0. The normalized spacial score (nSPS) is 11.6. The molecule has 0 bridgehead atoms. The molecular formula is C18H16ClN3OS. The SMILES string of the molecule is CCc1nnc(SCc2cccc(Cl)c2)c2cc3oc(C)cc3n12. The van der Waals surface area contributed by atoms with E-state index >= 15 is 0 Å². The van der Waals surface area contributed by atoms with Gasteiger partial charge in [-0.2, -0.15) is 0 Å². The van der Waals surface area contributed by atoms with Gasteiger partial charge in [-0.15, -0.1) is 10.2 Å². The highest BCUT2D eigenvalue weighted by Gasteiger charge is 2.15. The Morgan fingerprint density at radius 3 is 2.83 bits per heavy atom. The van der Waals surface area contributed by atoms with Crippen molar-refractivity contribution in [2.75, 3.05) is 0 Å². The van der Waals surface area contributed by atoms with Crippen LogP contribution in [0, 0.1) is 6.92 Å². The fourth-order valence-electron chi connectivity index (χ4n) is 2.86. The highest BCUT2D eigenvalue weighted by Crippen LogP contribution is 2.31. The van der Waals surface area contributed by atoms with Gasteiger partial charge in [0.1, 0.15) is 16.6 Å². The second-order valence-corrected chi connectivity index (χ2v) is 7.07. The first-order valence-corrected chi connectivity index (χ1v) is 9.16. The summed E-state index contributed by atoms with van der Waals surface area (Å²) in [5.74, 6) is 2.64. The molecule has 0 aliphatic heterocycles. The van der Waals surface area contributed by atoms with Crippen molar-refractivity contribution in [3.63, 3.8) is 0 Å². The first-order valence-electron chi connectivity index (χ1n) is 7.80. The maximum absolute atomic E-state index is 6.06. The van der Waals surface area contributed by atoms with Gasteiger partial charge in [-0.05, 0) is 24.6 Å². The minimum Gasteiger partial charge on any atom is -0.460 e. The summed E-state index contributed by atoms with van der Waals surface area (Å²) < 4.78 is 7.93. The summed E-state index contributed by atoms with van der Waals surface area (Å²) in [4.78, 5) is 0. The van der Waals surface area contributed by atoms with E-state index in [1.54, 1.807) is 11.8 Å². The summed E-state index contributed by atoms with van der Waals surface area (Å²) in [6.07, 6.45) is 0.816. The molecule has 0 fully saturated rings. The largest absolute Gasteiger partial charge is 0.460 e. The zero-order valence-corrected chi connectivity index (χ0v) is 15.0. The van der Waals surface area contributed by atoms with Crippen LogP contribution in [-0.2, 0) is 12.2 Å². The van der Waals surface area contributed by atoms with Crippen molar-refractivity contribution in [1.82, 2.24) is 14.6 Å². The molecule has 0 atom stereocenters. The Kier molecular flexibility index (Phi) is 3.98. The van der Waals surface area contributed by atoms with Crippen molar-refractivity contribution >= 4 is 40.0 Å². The Morgan fingerprint density at radius 2 is 2.04 bits per heavy atom. The molecule has 0 spiro atoms. The molecule has 3 aromatic heterocycles. The van der Waals surface area contributed by atoms with Crippen LogP contribution >= 0.6 is 23.4 Å². The van der Waals surface area contributed by atoms with Crippen LogP contribution in [0.5, 0.6) is 0 Å². The Balaban J connectivity index is 1.77. The summed E-state index contributed by atoms with van der Waals surface area (Å²) in [5, 5.41) is 10.5. The van der Waals surface area contributed by atoms with Gasteiger partial charge in [0, 0.05) is 29.3 Å². The van der Waals surface area contributed by atoms with Crippen LogP contribution < -0.4 is 0 Å². The summed E-state index contributed by atoms with van der Waals surface area (Å²) in [7, 11) is 0. The van der Waals surface area contributed by atoms with E-state index in [1.807, 2.05) is 25.1 Å². The van der Waals surface area contributed by atoms with Gasteiger partial charge in [-0.25, -0.2) is 0 Å². The smallest absolute Gasteiger partial charge is 0.153 e. The molecule has 0 aliphatic rings. The maximum Gasteiger partial charge on any atom is 0.153 e. The van der Waals surface area contributed by atoms with Gasteiger partial charge in [-0.1, -0.05) is 42.4 Å². The fourth-order valence-corrected chi connectivity index (χ4v) is 3.95. The molecular weight excluding hydrogens is 342 g/mol. The number of fused-ring (bicyclic) bond motifs is 3. The van der Waals surface area contributed by atoms with Crippen molar-refractivity contribution in [2.45, 2.75) is 31.0 Å². The molecule has 122 valence electrons. The van der Waals surface area contributed by atoms with Gasteiger partial charge < -0.3 is 4.42 Å². The van der Waals surface area contributed by atoms with Gasteiger partial charge in [0.25, 0.3) is 0 Å². The molecule has 24 heavy (non-hydrogen) atoms. The lowest BCUT2D eigenvalue weighted by atomic mass is 10.2. The minimum absolute atomic E-state index is 0.751. The molecule has 0 aliphatic carbocycles. The molecule has 4 nitrogen and oxygen atoms in total. The van der Waals surface area contributed by atoms with E-state index in [4.69, 9.17) is 16.0 Å². The van der Waals surface area contributed by atoms with Crippen LogP contribution in [0.15, 0.2) is 45.8 Å². The van der Waals surface area contributed by atoms with Gasteiger partial charge in [-0.3, -0.25) is 4.40 Å². The number of rotatable bonds is 4. The molecule has 6 heteroatoms. The van der Waals surface area contributed by atoms with Crippen molar-refractivity contribution in [2.24, 2.45) is 0 Å². The zero-order valence-electron chi connectivity index (χ0n) is 13.4. The molecule has 0 saturated heterocycles. The quantitative estimate of drug-likeness (QED) is 0.465. The van der Waals surface area contributed by atoms with E-state index < -0.39 is 0 Å². The fraction of sp³-hybridized carbons (Fsp3) is 0.222. The Labute approximate surface area is 148 Å². The van der Waals surface area contributed by atoms with E-state index in [0.29, 0.717) is 0 Å². The molecule has 0 N–H and O–H groups in total. The molecule has 0 radical (unpaired) electrons. The molecule has 0 unspecified atom stereocenters. The van der Waals surface area contributed by atoms with Crippen LogP contribution in [0.4, 0.5) is 0 Å². The molecule has 1 aromatic carbocycles. The van der Waals surface area contributed by atoms with E-state index in [-0.39, 0.29) is 0 Å². The highest BCUT2D eigenvalue weighted by atomic mass is 35.5. The first-order chi connectivity index (χ1) is 11.7. The number of aryl methyl sites for hydroxylation is 2. The number of furan rings is 1. The number of halogens is 1. The topological polar surface area (TPSA) is 43.3 Å². The van der Waals surface area contributed by atoms with Crippen LogP contribution in [0.2, 0.25) is 5.02 Å². The molecule has 3 heterocycles. The van der Waals surface area contributed by atoms with Crippen molar-refractivity contribution in [1.29, 1.82) is 0 Å². The third-order valence-electron chi connectivity index (χ3n) is 3.93. The second kappa shape index (κ2) is 6.15. The van der Waals surface area contributed by atoms with Crippen molar-refractivity contribution in [3.8, 4) is 0 Å². The number of benzene rings is 1. The van der Waals surface area contributed by atoms with Gasteiger partial charge in [0.15, 0.2) is 5.58 Å². The third kappa shape index (κ3) is 2.68. The van der Waals surface area contributed by atoms with Crippen LogP contribution in [-0.4, -0.2) is 14.6 Å². The van der Waals surface area contributed by atoms with E-state index in [0.717, 1.165) is 56.0 Å². The maximum atomic E-state index is 6.06. The summed E-state index contributed by atoms with van der Waals surface area (Å²) in [5.41, 5.74) is 4.14. The third-order valence-corrected chi connectivity index (χ3v) is 5.20. The van der Waals surface area contributed by atoms with E-state index in [1.165, 1.54) is 0 Å². The lowest BCUT2D eigenvalue weighted by molar-refractivity contribution is 0.579. The van der Waals surface area contributed by atoms with Gasteiger partial charge >= 0.3 is 0 Å². The van der Waals surface area contributed by atoms with E-state index in [2.05, 4.69) is 39.7 Å². The number of thioether (sulfide) groups is 1. The number of nitrogens with zero attached hydrogens (tertiary/aromatic N) is 3. The minimum atomic E-state index is 0.751. The van der Waals surface area contributed by atoms with Crippen LogP contribution in [0.1, 0.15) is 24.1 Å². The summed E-state index contributed by atoms with van der Waals surface area (Å²) in [6, 6.07) is 12.0. The zero-order chi connectivity index (χ0) is 16.7. The molecule has 4 aromatic rings. The van der Waals surface area contributed by atoms with Gasteiger partial charge in [0.2, 0.25) is 0 Å². The van der Waals surface area contributed by atoms with Crippen molar-refractivity contribution < 1.29 is 4.42 Å². The van der Waals surface area contributed by atoms with Crippen molar-refractivity contribution in [3.05, 3.63) is 58.6 Å². The Hall–Kier alpha value is -1.98. The van der Waals surface area contributed by atoms with Crippen LogP contribution in [0.25, 0.3) is 16.6 Å². The number of hydrogen-bond acceptors (Lipinski definition) is 4. The average molecular weight is 358 g/mol. The predicted octanol–water partition coefficient (Wildman–Crippen LogP) is 5.29. The average Bonchev–Trinajstić information content (AvgIpc) is 3.09. The lowest BCUT2D eigenvalue weighted by Gasteiger charge is -2.07. The predicted molar refractivity (Wildman–Crippen MR) is 97.9 cm³/mol. The number of aromatic nitrogens is 3. The summed E-state index contributed by atoms with van der Waals surface area (Å²) in [6.45, 7) is 4.04. The molecule has 0 saturated carbocycles. The summed E-state index contributed by atoms with van der Waals surface area (Å²) >= 11 is 7.72. The first kappa shape index (κ1) is 15.5. The molecule has 0 amide bonds. The highest BCUT2D eigenvalue weighted by molar-refractivity contribution is 7.98. The van der Waals surface area contributed by atoms with Gasteiger partial charge in [0.05, 0.1) is 11.0 Å². The lowest BCUT2D eigenvalue weighted by Crippen LogP contribution is -2.03. The van der Waals surface area contributed by atoms with Crippen LogP contribution in [0.3, 0.4) is 0 Å². The molecule has 4 rings (SSSR count).